The minimum atomic E-state index is -0.356. The second-order valence-electron chi connectivity index (χ2n) is 9.97. The van der Waals surface area contributed by atoms with Gasteiger partial charge in [-0.3, -0.25) is 4.79 Å². The second kappa shape index (κ2) is 8.84. The van der Waals surface area contributed by atoms with Gasteiger partial charge in [-0.2, -0.15) is 5.10 Å². The summed E-state index contributed by atoms with van der Waals surface area (Å²) in [4.78, 5) is 12.8. The van der Waals surface area contributed by atoms with Crippen molar-refractivity contribution >= 4 is 16.8 Å². The van der Waals surface area contributed by atoms with Crippen LogP contribution in [-0.4, -0.2) is 21.7 Å². The Morgan fingerprint density at radius 3 is 2.54 bits per heavy atom. The number of ether oxygens (including phenoxy) is 1. The molecule has 6 heteroatoms. The molecule has 1 amide bonds. The number of hydrogen-bond donors (Lipinski definition) is 1. The third-order valence-electron chi connectivity index (χ3n) is 6.98. The number of amides is 1. The minimum absolute atomic E-state index is 0.0833. The fourth-order valence-electron chi connectivity index (χ4n) is 4.39. The van der Waals surface area contributed by atoms with E-state index < -0.39 is 0 Å². The zero-order valence-corrected chi connectivity index (χ0v) is 20.5. The van der Waals surface area contributed by atoms with E-state index in [1.807, 2.05) is 32.0 Å². The number of nitrogens with zero attached hydrogens (tertiary/aromatic N) is 2. The van der Waals surface area contributed by atoms with Crippen molar-refractivity contribution in [2.24, 2.45) is 5.41 Å². The Morgan fingerprint density at radius 1 is 1.09 bits per heavy atom. The zero-order chi connectivity index (χ0) is 24.7. The molecule has 0 spiro atoms. The average molecular weight is 472 g/mol. The molecule has 0 saturated heterocycles. The highest BCUT2D eigenvalue weighted by molar-refractivity contribution is 5.85. The lowest BCUT2D eigenvalue weighted by Crippen LogP contribution is -2.42. The molecule has 1 saturated carbocycles. The van der Waals surface area contributed by atoms with Crippen LogP contribution in [0.15, 0.2) is 66.9 Å². The number of rotatable bonds is 7. The number of aryl methyl sites for hydroxylation is 2. The Balaban J connectivity index is 1.46. The van der Waals surface area contributed by atoms with Crippen molar-refractivity contribution in [3.63, 3.8) is 0 Å². The van der Waals surface area contributed by atoms with Crippen LogP contribution >= 0.6 is 0 Å². The molecule has 1 unspecified atom stereocenters. The fourth-order valence-corrected chi connectivity index (χ4v) is 4.39. The molecule has 5 nitrogen and oxygen atoms in total. The Hall–Kier alpha value is -3.67. The van der Waals surface area contributed by atoms with Gasteiger partial charge < -0.3 is 10.1 Å². The maximum atomic E-state index is 13.4. The Morgan fingerprint density at radius 2 is 1.83 bits per heavy atom. The molecule has 1 aliphatic rings. The Labute approximate surface area is 204 Å². The van der Waals surface area contributed by atoms with Gasteiger partial charge in [-0.1, -0.05) is 30.7 Å². The fraction of sp³-hybridized carbons (Fsp3) is 0.310. The van der Waals surface area contributed by atoms with E-state index >= 15 is 0 Å². The molecule has 1 N–H and O–H groups in total. The number of aromatic nitrogens is 2. The van der Waals surface area contributed by atoms with E-state index in [4.69, 9.17) is 4.74 Å². The molecule has 0 radical (unpaired) electrons. The van der Waals surface area contributed by atoms with Crippen molar-refractivity contribution in [3.8, 4) is 11.4 Å². The van der Waals surface area contributed by atoms with E-state index in [-0.39, 0.29) is 29.3 Å². The molecule has 1 heterocycles. The number of fused-ring (bicyclic) bond motifs is 1. The molecule has 2 atom stereocenters. The van der Waals surface area contributed by atoms with Gasteiger partial charge in [-0.15, -0.1) is 0 Å². The van der Waals surface area contributed by atoms with Crippen molar-refractivity contribution in [1.29, 1.82) is 0 Å². The van der Waals surface area contributed by atoms with E-state index in [2.05, 4.69) is 42.5 Å². The predicted octanol–water partition coefficient (Wildman–Crippen LogP) is 6.21. The average Bonchev–Trinajstić information content (AvgIpc) is 3.46. The van der Waals surface area contributed by atoms with Crippen molar-refractivity contribution in [1.82, 2.24) is 15.1 Å². The van der Waals surface area contributed by atoms with Crippen LogP contribution in [-0.2, 0) is 4.79 Å². The van der Waals surface area contributed by atoms with Gasteiger partial charge in [0, 0.05) is 10.8 Å². The van der Waals surface area contributed by atoms with Gasteiger partial charge in [-0.25, -0.2) is 9.07 Å². The summed E-state index contributed by atoms with van der Waals surface area (Å²) >= 11 is 0. The first-order chi connectivity index (χ1) is 16.7. The summed E-state index contributed by atoms with van der Waals surface area (Å²) in [5, 5.41) is 8.60. The van der Waals surface area contributed by atoms with Crippen LogP contribution in [0.5, 0.6) is 5.75 Å². The lowest BCUT2D eigenvalue weighted by atomic mass is 9.96. The van der Waals surface area contributed by atoms with Gasteiger partial charge >= 0.3 is 0 Å². The van der Waals surface area contributed by atoms with Crippen molar-refractivity contribution in [2.75, 3.05) is 0 Å². The predicted molar refractivity (Wildman–Crippen MR) is 135 cm³/mol. The van der Waals surface area contributed by atoms with E-state index in [9.17, 15) is 9.18 Å². The molecular weight excluding hydrogens is 441 g/mol. The molecule has 5 rings (SSSR count). The zero-order valence-electron chi connectivity index (χ0n) is 20.5. The standard InChI is InChI=1S/C29H30FN3O2/c1-18-5-6-19(2)25(15-18)27(20(3)32-28(34)29(4)13-14-29)35-24-11-12-26-21(16-24)17-31-33(26)23-9-7-22(30)8-10-23/h5-12,15-17,20,27H,13-14H2,1-4H3,(H,32,34)/t20-,27?/m0/s1. The summed E-state index contributed by atoms with van der Waals surface area (Å²) in [5.74, 6) is 0.496. The highest BCUT2D eigenvalue weighted by Gasteiger charge is 2.45. The molecule has 1 aromatic heterocycles. The first kappa shape index (κ1) is 23.1. The van der Waals surface area contributed by atoms with Crippen LogP contribution in [0.1, 0.15) is 49.5 Å². The topological polar surface area (TPSA) is 56.1 Å². The molecule has 1 fully saturated rings. The van der Waals surface area contributed by atoms with Gasteiger partial charge in [0.2, 0.25) is 5.91 Å². The summed E-state index contributed by atoms with van der Waals surface area (Å²) in [6, 6.07) is 18.2. The first-order valence-corrected chi connectivity index (χ1v) is 12.0. The minimum Gasteiger partial charge on any atom is -0.484 e. The smallest absolute Gasteiger partial charge is 0.226 e. The third kappa shape index (κ3) is 4.65. The number of hydrogen-bond acceptors (Lipinski definition) is 3. The van der Waals surface area contributed by atoms with Gasteiger partial charge in [0.15, 0.2) is 0 Å². The molecule has 0 bridgehead atoms. The first-order valence-electron chi connectivity index (χ1n) is 12.0. The van der Waals surface area contributed by atoms with Gasteiger partial charge in [0.1, 0.15) is 17.7 Å². The van der Waals surface area contributed by atoms with Crippen molar-refractivity contribution in [3.05, 3.63) is 89.4 Å². The van der Waals surface area contributed by atoms with Crippen molar-refractivity contribution in [2.45, 2.75) is 52.7 Å². The number of carbonyl (C=O) groups excluding carboxylic acids is 1. The summed E-state index contributed by atoms with van der Waals surface area (Å²) in [7, 11) is 0. The lowest BCUT2D eigenvalue weighted by Gasteiger charge is -2.29. The number of carbonyl (C=O) groups is 1. The van der Waals surface area contributed by atoms with E-state index in [0.29, 0.717) is 5.75 Å². The summed E-state index contributed by atoms with van der Waals surface area (Å²) in [6.45, 7) is 8.14. The molecule has 180 valence electrons. The highest BCUT2D eigenvalue weighted by Crippen LogP contribution is 2.45. The second-order valence-corrected chi connectivity index (χ2v) is 9.97. The molecule has 3 aromatic carbocycles. The van der Waals surface area contributed by atoms with Crippen LogP contribution in [0, 0.1) is 25.1 Å². The van der Waals surface area contributed by atoms with Gasteiger partial charge in [-0.05, 0) is 87.2 Å². The SMILES string of the molecule is Cc1ccc(C)c(C(Oc2ccc3c(cnn3-c3ccc(F)cc3)c2)[C@H](C)NC(=O)C2(C)CC2)c1. The van der Waals surface area contributed by atoms with Crippen LogP contribution in [0.4, 0.5) is 4.39 Å². The largest absolute Gasteiger partial charge is 0.484 e. The Bertz CT molecular complexity index is 1390. The quantitative estimate of drug-likeness (QED) is 0.349. The van der Waals surface area contributed by atoms with E-state index in [0.717, 1.165) is 46.1 Å². The lowest BCUT2D eigenvalue weighted by molar-refractivity contribution is -0.127. The van der Waals surface area contributed by atoms with E-state index in [1.54, 1.807) is 23.0 Å². The maximum Gasteiger partial charge on any atom is 0.226 e. The molecule has 0 aliphatic heterocycles. The molecular formula is C29H30FN3O2. The maximum absolute atomic E-state index is 13.4. The van der Waals surface area contributed by atoms with E-state index in [1.165, 1.54) is 12.1 Å². The van der Waals surface area contributed by atoms with Gasteiger partial charge in [0.05, 0.1) is 23.4 Å². The Kier molecular flexibility index (Phi) is 5.83. The highest BCUT2D eigenvalue weighted by atomic mass is 19.1. The number of nitrogens with one attached hydrogen (secondary N) is 1. The third-order valence-corrected chi connectivity index (χ3v) is 6.98. The van der Waals surface area contributed by atoms with Gasteiger partial charge in [0.25, 0.3) is 0 Å². The normalized spacial score (nSPS) is 16.0. The van der Waals surface area contributed by atoms with Crippen LogP contribution in [0.25, 0.3) is 16.6 Å². The molecule has 1 aliphatic carbocycles. The van der Waals surface area contributed by atoms with Crippen LogP contribution < -0.4 is 10.1 Å². The summed E-state index contributed by atoms with van der Waals surface area (Å²) < 4.78 is 21.7. The van der Waals surface area contributed by atoms with Crippen LogP contribution in [0.2, 0.25) is 0 Å². The summed E-state index contributed by atoms with van der Waals surface area (Å²) in [5.41, 5.74) is 4.74. The van der Waals surface area contributed by atoms with Crippen LogP contribution in [0.3, 0.4) is 0 Å². The molecule has 4 aromatic rings. The monoisotopic (exact) mass is 471 g/mol. The molecule has 35 heavy (non-hydrogen) atoms. The van der Waals surface area contributed by atoms with Crippen molar-refractivity contribution < 1.29 is 13.9 Å². The number of halogens is 1. The number of benzene rings is 3. The summed E-state index contributed by atoms with van der Waals surface area (Å²) in [6.07, 6.45) is 3.27.